The van der Waals surface area contributed by atoms with Gasteiger partial charge in [0.1, 0.15) is 11.6 Å². The standard InChI is InChI=1S/C15H21FN2O2/c1-15(2)6-3-7-17-13(15)9-18-14(20)11-5-4-10(16)8-12(11)19/h4-5,8,13,17,19H,3,6-7,9H2,1-2H3,(H,18,20). The predicted octanol–water partition coefficient (Wildman–Crippen LogP) is 2.04. The molecule has 1 heterocycles. The highest BCUT2D eigenvalue weighted by atomic mass is 19.1. The van der Waals surface area contributed by atoms with E-state index in [9.17, 15) is 14.3 Å². The molecule has 3 N–H and O–H groups in total. The molecule has 1 saturated heterocycles. The first-order valence-electron chi connectivity index (χ1n) is 6.90. The summed E-state index contributed by atoms with van der Waals surface area (Å²) in [5, 5.41) is 15.8. The van der Waals surface area contributed by atoms with Crippen molar-refractivity contribution in [3.05, 3.63) is 29.6 Å². The van der Waals surface area contributed by atoms with E-state index in [0.29, 0.717) is 6.54 Å². The molecule has 1 unspecified atom stereocenters. The van der Waals surface area contributed by atoms with E-state index >= 15 is 0 Å². The third-order valence-corrected chi connectivity index (χ3v) is 4.00. The van der Waals surface area contributed by atoms with E-state index in [2.05, 4.69) is 24.5 Å². The summed E-state index contributed by atoms with van der Waals surface area (Å²) in [4.78, 5) is 12.0. The summed E-state index contributed by atoms with van der Waals surface area (Å²) in [5.74, 6) is -1.28. The monoisotopic (exact) mass is 280 g/mol. The number of amides is 1. The highest BCUT2D eigenvalue weighted by molar-refractivity contribution is 5.96. The van der Waals surface area contributed by atoms with Gasteiger partial charge in [0.2, 0.25) is 0 Å². The van der Waals surface area contributed by atoms with Gasteiger partial charge < -0.3 is 15.7 Å². The van der Waals surface area contributed by atoms with Crippen LogP contribution in [0.3, 0.4) is 0 Å². The minimum absolute atomic E-state index is 0.0972. The van der Waals surface area contributed by atoms with Crippen LogP contribution in [0.4, 0.5) is 4.39 Å². The number of carbonyl (C=O) groups is 1. The van der Waals surface area contributed by atoms with Crippen molar-refractivity contribution in [3.63, 3.8) is 0 Å². The van der Waals surface area contributed by atoms with Gasteiger partial charge in [-0.1, -0.05) is 13.8 Å². The molecule has 0 aliphatic carbocycles. The van der Waals surface area contributed by atoms with Gasteiger partial charge in [-0.05, 0) is 36.9 Å². The van der Waals surface area contributed by atoms with E-state index in [0.717, 1.165) is 31.5 Å². The van der Waals surface area contributed by atoms with Crippen LogP contribution >= 0.6 is 0 Å². The third-order valence-electron chi connectivity index (χ3n) is 4.00. The highest BCUT2D eigenvalue weighted by Gasteiger charge is 2.32. The molecule has 2 rings (SSSR count). The smallest absolute Gasteiger partial charge is 0.255 e. The van der Waals surface area contributed by atoms with Crippen molar-refractivity contribution in [3.8, 4) is 5.75 Å². The number of rotatable bonds is 3. The second kappa shape index (κ2) is 5.79. The molecule has 1 aromatic rings. The summed E-state index contributed by atoms with van der Waals surface area (Å²) >= 11 is 0. The minimum atomic E-state index is -0.561. The zero-order valence-electron chi connectivity index (χ0n) is 11.9. The summed E-state index contributed by atoms with van der Waals surface area (Å²) in [5.41, 5.74) is 0.219. The third kappa shape index (κ3) is 3.28. The molecule has 4 nitrogen and oxygen atoms in total. The molecule has 0 saturated carbocycles. The lowest BCUT2D eigenvalue weighted by molar-refractivity contribution is 0.0926. The molecule has 1 amide bonds. The number of phenolic OH excluding ortho intramolecular Hbond substituents is 1. The Labute approximate surface area is 118 Å². The summed E-state index contributed by atoms with van der Waals surface area (Å²) in [7, 11) is 0. The molecule has 0 radical (unpaired) electrons. The van der Waals surface area contributed by atoms with Crippen molar-refractivity contribution in [1.82, 2.24) is 10.6 Å². The molecular formula is C15H21FN2O2. The molecule has 0 aromatic heterocycles. The minimum Gasteiger partial charge on any atom is -0.507 e. The molecule has 1 aromatic carbocycles. The van der Waals surface area contributed by atoms with Crippen LogP contribution in [0.2, 0.25) is 0 Å². The van der Waals surface area contributed by atoms with Crippen molar-refractivity contribution < 1.29 is 14.3 Å². The Balaban J connectivity index is 1.98. The fourth-order valence-corrected chi connectivity index (χ4v) is 2.61. The summed E-state index contributed by atoms with van der Waals surface area (Å²) in [6.07, 6.45) is 2.25. The van der Waals surface area contributed by atoms with E-state index in [1.807, 2.05) is 0 Å². The number of aromatic hydroxyl groups is 1. The molecule has 1 aliphatic heterocycles. The van der Waals surface area contributed by atoms with E-state index in [1.54, 1.807) is 0 Å². The van der Waals surface area contributed by atoms with Gasteiger partial charge in [-0.15, -0.1) is 0 Å². The molecule has 20 heavy (non-hydrogen) atoms. The number of nitrogens with one attached hydrogen (secondary N) is 2. The maximum atomic E-state index is 12.9. The molecule has 1 fully saturated rings. The lowest BCUT2D eigenvalue weighted by Gasteiger charge is -2.39. The first kappa shape index (κ1) is 14.8. The van der Waals surface area contributed by atoms with Gasteiger partial charge in [0.05, 0.1) is 5.56 Å². The van der Waals surface area contributed by atoms with Crippen LogP contribution in [-0.2, 0) is 0 Å². The van der Waals surface area contributed by atoms with Crippen molar-refractivity contribution in [2.24, 2.45) is 5.41 Å². The Kier molecular flexibility index (Phi) is 4.28. The van der Waals surface area contributed by atoms with Crippen molar-refractivity contribution >= 4 is 5.91 Å². The maximum absolute atomic E-state index is 12.9. The summed E-state index contributed by atoms with van der Waals surface area (Å²) < 4.78 is 12.9. The number of piperidine rings is 1. The van der Waals surface area contributed by atoms with Crippen LogP contribution in [0.5, 0.6) is 5.75 Å². The second-order valence-corrected chi connectivity index (χ2v) is 5.97. The second-order valence-electron chi connectivity index (χ2n) is 5.97. The lowest BCUT2D eigenvalue weighted by atomic mass is 9.77. The van der Waals surface area contributed by atoms with Gasteiger partial charge >= 0.3 is 0 Å². The normalized spacial score (nSPS) is 21.4. The van der Waals surface area contributed by atoms with Crippen LogP contribution in [0.1, 0.15) is 37.0 Å². The Hall–Kier alpha value is -1.62. The average molecular weight is 280 g/mol. The first-order valence-corrected chi connectivity index (χ1v) is 6.90. The van der Waals surface area contributed by atoms with Crippen molar-refractivity contribution in [2.75, 3.05) is 13.1 Å². The number of phenols is 1. The topological polar surface area (TPSA) is 61.4 Å². The van der Waals surface area contributed by atoms with E-state index in [-0.39, 0.29) is 28.7 Å². The quantitative estimate of drug-likeness (QED) is 0.794. The number of benzene rings is 1. The zero-order valence-corrected chi connectivity index (χ0v) is 11.9. The molecule has 5 heteroatoms. The van der Waals surface area contributed by atoms with Gasteiger partial charge in [-0.3, -0.25) is 4.79 Å². The Morgan fingerprint density at radius 3 is 2.95 bits per heavy atom. The Bertz CT molecular complexity index is 503. The predicted molar refractivity (Wildman–Crippen MR) is 75.2 cm³/mol. The van der Waals surface area contributed by atoms with Crippen LogP contribution in [0.15, 0.2) is 18.2 Å². The largest absolute Gasteiger partial charge is 0.507 e. The molecule has 1 atom stereocenters. The number of hydrogen-bond acceptors (Lipinski definition) is 3. The Morgan fingerprint density at radius 1 is 1.55 bits per heavy atom. The molecule has 0 spiro atoms. The molecule has 1 aliphatic rings. The van der Waals surface area contributed by atoms with E-state index in [4.69, 9.17) is 0 Å². The lowest BCUT2D eigenvalue weighted by Crippen LogP contribution is -2.52. The highest BCUT2D eigenvalue weighted by Crippen LogP contribution is 2.29. The van der Waals surface area contributed by atoms with E-state index in [1.165, 1.54) is 6.07 Å². The molecule has 0 bridgehead atoms. The number of halogens is 1. The van der Waals surface area contributed by atoms with Gasteiger partial charge in [-0.25, -0.2) is 4.39 Å². The maximum Gasteiger partial charge on any atom is 0.255 e. The average Bonchev–Trinajstić information content (AvgIpc) is 2.36. The van der Waals surface area contributed by atoms with Crippen molar-refractivity contribution in [2.45, 2.75) is 32.7 Å². The van der Waals surface area contributed by atoms with Gasteiger partial charge in [-0.2, -0.15) is 0 Å². The first-order chi connectivity index (χ1) is 9.40. The van der Waals surface area contributed by atoms with Gasteiger partial charge in [0.15, 0.2) is 0 Å². The molecule has 110 valence electrons. The van der Waals surface area contributed by atoms with Crippen LogP contribution in [0, 0.1) is 11.2 Å². The Morgan fingerprint density at radius 2 is 2.30 bits per heavy atom. The van der Waals surface area contributed by atoms with E-state index < -0.39 is 5.82 Å². The molecular weight excluding hydrogens is 259 g/mol. The zero-order chi connectivity index (χ0) is 14.8. The fraction of sp³-hybridized carbons (Fsp3) is 0.533. The number of carbonyl (C=O) groups excluding carboxylic acids is 1. The van der Waals surface area contributed by atoms with Crippen LogP contribution in [0.25, 0.3) is 0 Å². The summed E-state index contributed by atoms with van der Waals surface area (Å²) in [6, 6.07) is 3.59. The van der Waals surface area contributed by atoms with Crippen molar-refractivity contribution in [1.29, 1.82) is 0 Å². The van der Waals surface area contributed by atoms with Gasteiger partial charge in [0, 0.05) is 18.7 Å². The van der Waals surface area contributed by atoms with Crippen LogP contribution < -0.4 is 10.6 Å². The van der Waals surface area contributed by atoms with Crippen LogP contribution in [-0.4, -0.2) is 30.1 Å². The SMILES string of the molecule is CC1(C)CCCNC1CNC(=O)c1ccc(F)cc1O. The summed E-state index contributed by atoms with van der Waals surface area (Å²) in [6.45, 7) is 5.78. The van der Waals surface area contributed by atoms with Gasteiger partial charge in [0.25, 0.3) is 5.91 Å². The fourth-order valence-electron chi connectivity index (χ4n) is 2.61. The number of hydrogen-bond donors (Lipinski definition) is 3.